The zero-order valence-corrected chi connectivity index (χ0v) is 10.7. The van der Waals surface area contributed by atoms with Gasteiger partial charge in [0, 0.05) is 12.7 Å². The maximum absolute atomic E-state index is 13.3. The summed E-state index contributed by atoms with van der Waals surface area (Å²) >= 11 is 0. The summed E-state index contributed by atoms with van der Waals surface area (Å²) in [5.74, 6) is 0.268. The molecule has 0 aromatic carbocycles. The Labute approximate surface area is 107 Å². The van der Waals surface area contributed by atoms with Gasteiger partial charge in [-0.1, -0.05) is 19.8 Å². The van der Waals surface area contributed by atoms with Crippen LogP contribution in [0.2, 0.25) is 0 Å². The highest BCUT2D eigenvalue weighted by Gasteiger charge is 2.19. The Morgan fingerprint density at radius 1 is 1.44 bits per heavy atom. The third-order valence-electron chi connectivity index (χ3n) is 3.69. The van der Waals surface area contributed by atoms with E-state index in [-0.39, 0.29) is 11.5 Å². The summed E-state index contributed by atoms with van der Waals surface area (Å²) in [6, 6.07) is 3.03. The molecule has 0 bridgehead atoms. The van der Waals surface area contributed by atoms with Gasteiger partial charge in [0.15, 0.2) is 0 Å². The molecule has 1 N–H and O–H groups in total. The molecule has 1 fully saturated rings. The highest BCUT2D eigenvalue weighted by atomic mass is 19.1. The highest BCUT2D eigenvalue weighted by Crippen LogP contribution is 2.27. The molecular formula is C14H19FN2O. The molecule has 18 heavy (non-hydrogen) atoms. The monoisotopic (exact) mass is 250 g/mol. The average molecular weight is 250 g/mol. The molecule has 0 unspecified atom stereocenters. The van der Waals surface area contributed by atoms with Gasteiger partial charge >= 0.3 is 0 Å². The number of carbonyl (C=O) groups excluding carboxylic acids is 1. The smallest absolute Gasteiger partial charge is 0.255 e. The Hall–Kier alpha value is -1.45. The fourth-order valence-electron chi connectivity index (χ4n) is 2.42. The lowest BCUT2D eigenvalue weighted by molar-refractivity contribution is 0.0937. The maximum Gasteiger partial charge on any atom is 0.255 e. The minimum Gasteiger partial charge on any atom is -0.352 e. The van der Waals surface area contributed by atoms with Crippen LogP contribution in [0.1, 0.15) is 43.0 Å². The van der Waals surface area contributed by atoms with Crippen LogP contribution in [0.25, 0.3) is 0 Å². The number of nitrogens with zero attached hydrogens (tertiary/aromatic N) is 1. The lowest BCUT2D eigenvalue weighted by Gasteiger charge is -2.26. The van der Waals surface area contributed by atoms with Crippen molar-refractivity contribution in [2.45, 2.75) is 32.6 Å². The topological polar surface area (TPSA) is 42.0 Å². The SMILES string of the molecule is CC1CCC(CNC(=O)c2cccnc2F)CC1. The van der Waals surface area contributed by atoms with Gasteiger partial charge in [-0.15, -0.1) is 0 Å². The Kier molecular flexibility index (Phi) is 4.28. The third-order valence-corrected chi connectivity index (χ3v) is 3.69. The van der Waals surface area contributed by atoms with Gasteiger partial charge < -0.3 is 5.32 Å². The van der Waals surface area contributed by atoms with Crippen LogP contribution in [-0.2, 0) is 0 Å². The summed E-state index contributed by atoms with van der Waals surface area (Å²) in [5, 5.41) is 2.81. The van der Waals surface area contributed by atoms with Crippen molar-refractivity contribution < 1.29 is 9.18 Å². The van der Waals surface area contributed by atoms with Crippen LogP contribution < -0.4 is 5.32 Å². The van der Waals surface area contributed by atoms with Crippen LogP contribution in [0.4, 0.5) is 4.39 Å². The lowest BCUT2D eigenvalue weighted by atomic mass is 9.83. The molecule has 1 amide bonds. The fraction of sp³-hybridized carbons (Fsp3) is 0.571. The van der Waals surface area contributed by atoms with Gasteiger partial charge in [0.25, 0.3) is 5.91 Å². The van der Waals surface area contributed by atoms with Crippen molar-refractivity contribution in [1.82, 2.24) is 10.3 Å². The number of amides is 1. The number of hydrogen-bond acceptors (Lipinski definition) is 2. The summed E-state index contributed by atoms with van der Waals surface area (Å²) in [5.41, 5.74) is 0.0293. The zero-order valence-electron chi connectivity index (χ0n) is 10.7. The van der Waals surface area contributed by atoms with Gasteiger partial charge in [-0.05, 0) is 36.8 Å². The number of pyridine rings is 1. The number of halogens is 1. The van der Waals surface area contributed by atoms with E-state index in [0.29, 0.717) is 12.5 Å². The molecule has 1 heterocycles. The molecule has 0 radical (unpaired) electrons. The van der Waals surface area contributed by atoms with Crippen molar-refractivity contribution in [1.29, 1.82) is 0 Å². The molecule has 1 aliphatic rings. The highest BCUT2D eigenvalue weighted by molar-refractivity contribution is 5.94. The molecule has 0 aliphatic heterocycles. The lowest BCUT2D eigenvalue weighted by Crippen LogP contribution is -2.31. The molecule has 2 rings (SSSR count). The van der Waals surface area contributed by atoms with Crippen LogP contribution in [-0.4, -0.2) is 17.4 Å². The van der Waals surface area contributed by atoms with E-state index < -0.39 is 5.95 Å². The number of hydrogen-bond donors (Lipinski definition) is 1. The molecule has 1 aromatic rings. The molecule has 0 spiro atoms. The van der Waals surface area contributed by atoms with E-state index in [9.17, 15) is 9.18 Å². The Balaban J connectivity index is 1.84. The molecule has 1 aliphatic carbocycles. The molecule has 0 saturated heterocycles. The molecule has 4 heteroatoms. The van der Waals surface area contributed by atoms with Gasteiger partial charge in [-0.25, -0.2) is 4.98 Å². The summed E-state index contributed by atoms with van der Waals surface area (Å²) < 4.78 is 13.3. The van der Waals surface area contributed by atoms with Gasteiger partial charge in [0.05, 0.1) is 5.56 Å². The second kappa shape index (κ2) is 5.94. The third kappa shape index (κ3) is 3.28. The number of carbonyl (C=O) groups is 1. The van der Waals surface area contributed by atoms with E-state index >= 15 is 0 Å². The van der Waals surface area contributed by atoms with Crippen molar-refractivity contribution >= 4 is 5.91 Å². The van der Waals surface area contributed by atoms with Crippen molar-refractivity contribution in [3.8, 4) is 0 Å². The van der Waals surface area contributed by atoms with E-state index in [1.807, 2.05) is 0 Å². The van der Waals surface area contributed by atoms with Gasteiger partial charge in [-0.2, -0.15) is 4.39 Å². The van der Waals surface area contributed by atoms with Gasteiger partial charge in [-0.3, -0.25) is 4.79 Å². The average Bonchev–Trinajstić information content (AvgIpc) is 2.38. The van der Waals surface area contributed by atoms with Gasteiger partial charge in [0.2, 0.25) is 5.95 Å². The first-order chi connectivity index (χ1) is 8.66. The fourth-order valence-corrected chi connectivity index (χ4v) is 2.42. The predicted octanol–water partition coefficient (Wildman–Crippen LogP) is 2.78. The molecule has 3 nitrogen and oxygen atoms in total. The molecule has 1 saturated carbocycles. The Bertz CT molecular complexity index is 414. The predicted molar refractivity (Wildman–Crippen MR) is 67.7 cm³/mol. The van der Waals surface area contributed by atoms with Crippen molar-refractivity contribution in [3.63, 3.8) is 0 Å². The molecule has 0 atom stereocenters. The largest absolute Gasteiger partial charge is 0.352 e. The minimum atomic E-state index is -0.702. The van der Waals surface area contributed by atoms with Crippen molar-refractivity contribution in [2.24, 2.45) is 11.8 Å². The quantitative estimate of drug-likeness (QED) is 0.838. The Morgan fingerprint density at radius 2 is 2.17 bits per heavy atom. The van der Waals surface area contributed by atoms with Crippen LogP contribution in [0.15, 0.2) is 18.3 Å². The molecule has 1 aromatic heterocycles. The van der Waals surface area contributed by atoms with E-state index in [4.69, 9.17) is 0 Å². The summed E-state index contributed by atoms with van der Waals surface area (Å²) in [6.07, 6.45) is 6.09. The molecule has 98 valence electrons. The second-order valence-corrected chi connectivity index (χ2v) is 5.18. The first kappa shape index (κ1) is 13.0. The summed E-state index contributed by atoms with van der Waals surface area (Å²) in [4.78, 5) is 15.3. The maximum atomic E-state index is 13.3. The summed E-state index contributed by atoms with van der Waals surface area (Å²) in [7, 11) is 0. The van der Waals surface area contributed by atoms with Gasteiger partial charge in [0.1, 0.15) is 0 Å². The van der Waals surface area contributed by atoms with Crippen LogP contribution in [0.3, 0.4) is 0 Å². The number of aromatic nitrogens is 1. The first-order valence-corrected chi connectivity index (χ1v) is 6.55. The Morgan fingerprint density at radius 3 is 2.83 bits per heavy atom. The summed E-state index contributed by atoms with van der Waals surface area (Å²) in [6.45, 7) is 2.90. The van der Waals surface area contributed by atoms with Crippen molar-refractivity contribution in [3.05, 3.63) is 29.8 Å². The normalized spacial score (nSPS) is 23.7. The molecular weight excluding hydrogens is 231 g/mol. The van der Waals surface area contributed by atoms with Crippen LogP contribution in [0.5, 0.6) is 0 Å². The number of rotatable bonds is 3. The van der Waals surface area contributed by atoms with E-state index in [1.54, 1.807) is 6.07 Å². The van der Waals surface area contributed by atoms with Crippen LogP contribution >= 0.6 is 0 Å². The van der Waals surface area contributed by atoms with Crippen LogP contribution in [0, 0.1) is 17.8 Å². The second-order valence-electron chi connectivity index (χ2n) is 5.18. The van der Waals surface area contributed by atoms with E-state index in [1.165, 1.54) is 25.1 Å². The van der Waals surface area contributed by atoms with E-state index in [0.717, 1.165) is 18.8 Å². The zero-order chi connectivity index (χ0) is 13.0. The van der Waals surface area contributed by atoms with E-state index in [2.05, 4.69) is 17.2 Å². The number of nitrogens with one attached hydrogen (secondary N) is 1. The standard InChI is InChI=1S/C14H19FN2O/c1-10-4-6-11(7-5-10)9-17-14(18)12-3-2-8-16-13(12)15/h2-3,8,10-11H,4-7,9H2,1H3,(H,17,18). The minimum absolute atomic E-state index is 0.0293. The first-order valence-electron chi connectivity index (χ1n) is 6.55. The van der Waals surface area contributed by atoms with Crippen molar-refractivity contribution in [2.75, 3.05) is 6.54 Å².